The van der Waals surface area contributed by atoms with E-state index in [-0.39, 0.29) is 5.56 Å². The fourth-order valence-electron chi connectivity index (χ4n) is 1.08. The minimum atomic E-state index is -4.91. The summed E-state index contributed by atoms with van der Waals surface area (Å²) in [4.78, 5) is 10.9. The monoisotopic (exact) mass is 240 g/mol. The van der Waals surface area contributed by atoms with Crippen LogP contribution >= 0.6 is 11.6 Å². The molecule has 0 N–H and O–H groups in total. The van der Waals surface area contributed by atoms with Gasteiger partial charge in [-0.1, -0.05) is 11.6 Å². The predicted molar refractivity (Wildman–Crippen MR) is 46.4 cm³/mol. The summed E-state index contributed by atoms with van der Waals surface area (Å²) >= 11 is 5.31. The van der Waals surface area contributed by atoms with Crippen molar-refractivity contribution in [2.24, 2.45) is 0 Å². The molecule has 15 heavy (non-hydrogen) atoms. The molecule has 0 saturated carbocycles. The highest BCUT2D eigenvalue weighted by Gasteiger charge is 2.38. The van der Waals surface area contributed by atoms with Crippen LogP contribution in [0.1, 0.15) is 22.8 Å². The van der Waals surface area contributed by atoms with Crippen molar-refractivity contribution in [1.29, 1.82) is 0 Å². The lowest BCUT2D eigenvalue weighted by atomic mass is 10.1. The molecule has 82 valence electrons. The van der Waals surface area contributed by atoms with Crippen molar-refractivity contribution in [3.05, 3.63) is 34.1 Å². The third-order valence-electron chi connectivity index (χ3n) is 1.75. The Morgan fingerprint density at radius 2 is 1.87 bits per heavy atom. The minimum Gasteiger partial charge on any atom is -0.294 e. The van der Waals surface area contributed by atoms with E-state index in [9.17, 15) is 22.4 Å². The summed E-state index contributed by atoms with van der Waals surface area (Å²) in [5, 5.41) is -0.894. The molecule has 0 bridgehead atoms. The summed E-state index contributed by atoms with van der Waals surface area (Å²) in [6.07, 6.45) is -4.91. The Morgan fingerprint density at radius 1 is 1.33 bits per heavy atom. The molecule has 0 atom stereocenters. The molecule has 0 aliphatic rings. The molecule has 1 nitrogen and oxygen atoms in total. The van der Waals surface area contributed by atoms with Crippen molar-refractivity contribution in [1.82, 2.24) is 0 Å². The highest BCUT2D eigenvalue weighted by Crippen LogP contribution is 2.38. The molecule has 0 aliphatic heterocycles. The van der Waals surface area contributed by atoms with Crippen LogP contribution in [0.25, 0.3) is 0 Å². The Morgan fingerprint density at radius 3 is 2.27 bits per heavy atom. The van der Waals surface area contributed by atoms with Crippen LogP contribution in [0.2, 0.25) is 5.02 Å². The van der Waals surface area contributed by atoms with E-state index in [0.29, 0.717) is 6.07 Å². The van der Waals surface area contributed by atoms with E-state index in [1.54, 1.807) is 0 Å². The van der Waals surface area contributed by atoms with Gasteiger partial charge in [-0.2, -0.15) is 13.2 Å². The maximum Gasteiger partial charge on any atom is 0.420 e. The van der Waals surface area contributed by atoms with E-state index < -0.39 is 28.4 Å². The summed E-state index contributed by atoms with van der Waals surface area (Å²) in [5.41, 5.74) is -1.94. The first kappa shape index (κ1) is 12.0. The molecule has 1 aromatic rings. The number of carbonyl (C=O) groups is 1. The quantitative estimate of drug-likeness (QED) is 0.540. The van der Waals surface area contributed by atoms with Gasteiger partial charge in [0, 0.05) is 5.56 Å². The van der Waals surface area contributed by atoms with Crippen molar-refractivity contribution in [3.63, 3.8) is 0 Å². The molecule has 0 amide bonds. The Bertz CT molecular complexity index is 411. The molecule has 0 fully saturated rings. The number of rotatable bonds is 1. The van der Waals surface area contributed by atoms with Crippen LogP contribution in [0, 0.1) is 5.82 Å². The van der Waals surface area contributed by atoms with Gasteiger partial charge in [0.25, 0.3) is 0 Å². The zero-order valence-corrected chi connectivity index (χ0v) is 8.21. The lowest BCUT2D eigenvalue weighted by Gasteiger charge is -2.11. The van der Waals surface area contributed by atoms with E-state index in [1.165, 1.54) is 0 Å². The largest absolute Gasteiger partial charge is 0.420 e. The van der Waals surface area contributed by atoms with Crippen LogP contribution in [-0.4, -0.2) is 5.78 Å². The van der Waals surface area contributed by atoms with Crippen molar-refractivity contribution >= 4 is 17.4 Å². The number of ketones is 1. The molecule has 0 radical (unpaired) electrons. The highest BCUT2D eigenvalue weighted by molar-refractivity contribution is 6.34. The Hall–Kier alpha value is -1.10. The maximum absolute atomic E-state index is 12.9. The van der Waals surface area contributed by atoms with Gasteiger partial charge < -0.3 is 0 Å². The average Bonchev–Trinajstić information content (AvgIpc) is 2.00. The molecule has 0 unspecified atom stereocenters. The summed E-state index contributed by atoms with van der Waals surface area (Å²) in [6, 6.07) is 1.50. The lowest BCUT2D eigenvalue weighted by molar-refractivity contribution is -0.139. The topological polar surface area (TPSA) is 17.1 Å². The van der Waals surface area contributed by atoms with Gasteiger partial charge in [-0.15, -0.1) is 0 Å². The number of benzene rings is 1. The average molecular weight is 241 g/mol. The van der Waals surface area contributed by atoms with Crippen LogP contribution in [0.15, 0.2) is 12.1 Å². The Kier molecular flexibility index (Phi) is 3.04. The number of hydrogen-bond donors (Lipinski definition) is 0. The van der Waals surface area contributed by atoms with Crippen LogP contribution < -0.4 is 0 Å². The first-order valence-electron chi connectivity index (χ1n) is 3.81. The zero-order chi connectivity index (χ0) is 11.8. The van der Waals surface area contributed by atoms with Gasteiger partial charge in [-0.05, 0) is 19.1 Å². The van der Waals surface area contributed by atoms with E-state index in [0.717, 1.165) is 13.0 Å². The first-order valence-corrected chi connectivity index (χ1v) is 4.19. The summed E-state index contributed by atoms with van der Waals surface area (Å²) in [5.74, 6) is -2.14. The number of Topliss-reactive ketones (excluding diaryl/α,β-unsaturated/α-hetero) is 1. The molecular formula is C9H5ClF4O. The van der Waals surface area contributed by atoms with Gasteiger partial charge in [-0.25, -0.2) is 4.39 Å². The van der Waals surface area contributed by atoms with Crippen molar-refractivity contribution in [2.75, 3.05) is 0 Å². The smallest absolute Gasteiger partial charge is 0.294 e. The molecular weight excluding hydrogens is 236 g/mol. The molecule has 0 aromatic heterocycles. The third kappa shape index (κ3) is 2.28. The lowest BCUT2D eigenvalue weighted by Crippen LogP contribution is -2.11. The fourth-order valence-corrected chi connectivity index (χ4v) is 1.48. The molecule has 0 aliphatic carbocycles. The van der Waals surface area contributed by atoms with Gasteiger partial charge in [-0.3, -0.25) is 4.79 Å². The minimum absolute atomic E-state index is 0.342. The van der Waals surface area contributed by atoms with Crippen molar-refractivity contribution in [3.8, 4) is 0 Å². The highest BCUT2D eigenvalue weighted by atomic mass is 35.5. The van der Waals surface area contributed by atoms with Gasteiger partial charge >= 0.3 is 6.18 Å². The van der Waals surface area contributed by atoms with E-state index in [1.807, 2.05) is 0 Å². The van der Waals surface area contributed by atoms with Crippen molar-refractivity contribution < 1.29 is 22.4 Å². The number of halogens is 5. The van der Waals surface area contributed by atoms with E-state index in [4.69, 9.17) is 11.6 Å². The second-order valence-corrected chi connectivity index (χ2v) is 3.22. The third-order valence-corrected chi connectivity index (χ3v) is 2.15. The summed E-state index contributed by atoms with van der Waals surface area (Å²) in [6.45, 7) is 1.05. The normalized spacial score (nSPS) is 11.6. The number of alkyl halides is 3. The standard InChI is InChI=1S/C9H5ClF4O/c1-4(15)5-2-3-6(11)7(8(5)10)9(12,13)14/h2-3H,1H3. The molecule has 1 rings (SSSR count). The Balaban J connectivity index is 3.51. The molecule has 1 aromatic carbocycles. The summed E-state index contributed by atoms with van der Waals surface area (Å²) < 4.78 is 49.8. The van der Waals surface area contributed by atoms with Crippen LogP contribution in [-0.2, 0) is 6.18 Å². The molecule has 0 saturated heterocycles. The van der Waals surface area contributed by atoms with Gasteiger partial charge in [0.05, 0.1) is 5.02 Å². The van der Waals surface area contributed by atoms with E-state index >= 15 is 0 Å². The van der Waals surface area contributed by atoms with Crippen LogP contribution in [0.5, 0.6) is 0 Å². The first-order chi connectivity index (χ1) is 6.75. The SMILES string of the molecule is CC(=O)c1ccc(F)c(C(F)(F)F)c1Cl. The number of carbonyl (C=O) groups excluding carboxylic acids is 1. The maximum atomic E-state index is 12.9. The van der Waals surface area contributed by atoms with Gasteiger partial charge in [0.1, 0.15) is 11.4 Å². The van der Waals surface area contributed by atoms with E-state index in [2.05, 4.69) is 0 Å². The second kappa shape index (κ2) is 3.81. The summed E-state index contributed by atoms with van der Waals surface area (Å²) in [7, 11) is 0. The number of hydrogen-bond acceptors (Lipinski definition) is 1. The predicted octanol–water partition coefficient (Wildman–Crippen LogP) is 3.70. The molecule has 0 spiro atoms. The zero-order valence-electron chi connectivity index (χ0n) is 7.45. The van der Waals surface area contributed by atoms with Crippen molar-refractivity contribution in [2.45, 2.75) is 13.1 Å². The van der Waals surface area contributed by atoms with Gasteiger partial charge in [0.2, 0.25) is 0 Å². The Labute approximate surface area is 87.7 Å². The van der Waals surface area contributed by atoms with Gasteiger partial charge in [0.15, 0.2) is 5.78 Å². The fraction of sp³-hybridized carbons (Fsp3) is 0.222. The van der Waals surface area contributed by atoms with Crippen LogP contribution in [0.3, 0.4) is 0 Å². The molecule has 0 heterocycles. The molecule has 6 heteroatoms. The second-order valence-electron chi connectivity index (χ2n) is 2.84. The van der Waals surface area contributed by atoms with Crippen LogP contribution in [0.4, 0.5) is 17.6 Å².